The molecule has 1 heterocycles. The lowest BCUT2D eigenvalue weighted by Gasteiger charge is -2.29. The number of aliphatic hydroxyl groups excluding tert-OH is 1. The van der Waals surface area contributed by atoms with Gasteiger partial charge in [-0.15, -0.1) is 0 Å². The van der Waals surface area contributed by atoms with Crippen LogP contribution in [0.25, 0.3) is 0 Å². The number of nitrogens with zero attached hydrogens (tertiary/aromatic N) is 1. The van der Waals surface area contributed by atoms with Crippen molar-refractivity contribution in [3.63, 3.8) is 0 Å². The highest BCUT2D eigenvalue weighted by Crippen LogP contribution is 2.24. The van der Waals surface area contributed by atoms with Crippen molar-refractivity contribution in [1.29, 1.82) is 0 Å². The van der Waals surface area contributed by atoms with Crippen molar-refractivity contribution >= 4 is 11.6 Å². The summed E-state index contributed by atoms with van der Waals surface area (Å²) in [7, 11) is 0. The first-order valence-electron chi connectivity index (χ1n) is 6.20. The maximum atomic E-state index is 11.8. The van der Waals surface area contributed by atoms with Crippen LogP contribution in [0.15, 0.2) is 12.3 Å². The fourth-order valence-electron chi connectivity index (χ4n) is 1.76. The number of nitro groups is 1. The van der Waals surface area contributed by atoms with Gasteiger partial charge in [-0.3, -0.25) is 14.9 Å². The minimum atomic E-state index is -0.566. The van der Waals surface area contributed by atoms with Crippen LogP contribution in [0.3, 0.4) is 0 Å². The van der Waals surface area contributed by atoms with Crippen molar-refractivity contribution in [2.24, 2.45) is 5.41 Å². The molecule has 0 unspecified atom stereocenters. The fraction of sp³-hybridized carbons (Fsp3) is 0.583. The first-order valence-corrected chi connectivity index (χ1v) is 6.20. The Labute approximate surface area is 111 Å². The molecular weight excluding hydrogens is 250 g/mol. The van der Waals surface area contributed by atoms with Crippen LogP contribution in [-0.4, -0.2) is 34.1 Å². The van der Waals surface area contributed by atoms with Crippen LogP contribution in [0.2, 0.25) is 0 Å². The van der Waals surface area contributed by atoms with Gasteiger partial charge in [-0.2, -0.15) is 0 Å². The second-order valence-electron chi connectivity index (χ2n) is 4.58. The largest absolute Gasteiger partial charge is 0.396 e. The molecule has 0 aromatic carbocycles. The van der Waals surface area contributed by atoms with Crippen LogP contribution >= 0.6 is 0 Å². The molecule has 7 nitrogen and oxygen atoms in total. The summed E-state index contributed by atoms with van der Waals surface area (Å²) in [5.41, 5.74) is -0.343. The average molecular weight is 269 g/mol. The molecular formula is C12H19N3O4. The zero-order valence-electron chi connectivity index (χ0n) is 11.1. The number of hydrogen-bond donors (Lipinski definition) is 3. The molecule has 0 aliphatic heterocycles. The summed E-state index contributed by atoms with van der Waals surface area (Å²) in [5, 5.41) is 22.6. The molecule has 0 atom stereocenters. The Morgan fingerprint density at radius 1 is 1.53 bits per heavy atom. The zero-order valence-corrected chi connectivity index (χ0v) is 11.1. The first kappa shape index (κ1) is 15.2. The number of aromatic amines is 1. The number of hydrogen-bond acceptors (Lipinski definition) is 4. The van der Waals surface area contributed by atoms with Crippen LogP contribution < -0.4 is 5.32 Å². The van der Waals surface area contributed by atoms with Crippen LogP contribution in [0, 0.1) is 15.5 Å². The van der Waals surface area contributed by atoms with Crippen molar-refractivity contribution < 1.29 is 14.8 Å². The van der Waals surface area contributed by atoms with Crippen LogP contribution in [-0.2, 0) is 0 Å². The maximum absolute atomic E-state index is 11.8. The number of nitrogens with one attached hydrogen (secondary N) is 2. The van der Waals surface area contributed by atoms with E-state index in [4.69, 9.17) is 0 Å². The molecule has 1 aromatic heterocycles. The number of aliphatic hydroxyl groups is 1. The van der Waals surface area contributed by atoms with Crippen LogP contribution in [0.1, 0.15) is 37.2 Å². The van der Waals surface area contributed by atoms with E-state index in [1.165, 1.54) is 12.3 Å². The summed E-state index contributed by atoms with van der Waals surface area (Å²) in [5.74, 6) is -0.409. The molecule has 7 heteroatoms. The second-order valence-corrected chi connectivity index (χ2v) is 4.58. The van der Waals surface area contributed by atoms with E-state index in [1.807, 2.05) is 13.8 Å². The Bertz CT molecular complexity index is 443. The maximum Gasteiger partial charge on any atom is 0.287 e. The van der Waals surface area contributed by atoms with Crippen LogP contribution in [0.5, 0.6) is 0 Å². The van der Waals surface area contributed by atoms with Crippen molar-refractivity contribution in [1.82, 2.24) is 10.3 Å². The predicted octanol–water partition coefficient (Wildman–Crippen LogP) is 1.45. The monoisotopic (exact) mass is 269 g/mol. The fourth-order valence-corrected chi connectivity index (χ4v) is 1.76. The smallest absolute Gasteiger partial charge is 0.287 e. The number of rotatable bonds is 7. The number of carbonyl (C=O) groups excluding carboxylic acids is 1. The lowest BCUT2D eigenvalue weighted by atomic mass is 9.83. The highest BCUT2D eigenvalue weighted by Gasteiger charge is 2.26. The van der Waals surface area contributed by atoms with Crippen molar-refractivity contribution in [2.75, 3.05) is 13.2 Å². The van der Waals surface area contributed by atoms with E-state index in [1.54, 1.807) is 0 Å². The predicted molar refractivity (Wildman–Crippen MR) is 69.9 cm³/mol. The number of H-pyrrole nitrogens is 1. The molecule has 1 rings (SSSR count). The molecule has 0 spiro atoms. The van der Waals surface area contributed by atoms with Gasteiger partial charge in [0, 0.05) is 18.0 Å². The van der Waals surface area contributed by atoms with E-state index >= 15 is 0 Å². The summed E-state index contributed by atoms with van der Waals surface area (Å²) in [6, 6.07) is 1.19. The number of aromatic nitrogens is 1. The molecule has 0 aliphatic rings. The summed E-state index contributed by atoms with van der Waals surface area (Å²) >= 11 is 0. The van der Waals surface area contributed by atoms with E-state index in [2.05, 4.69) is 10.3 Å². The van der Waals surface area contributed by atoms with Gasteiger partial charge in [-0.25, -0.2) is 0 Å². The van der Waals surface area contributed by atoms with E-state index < -0.39 is 10.8 Å². The Kier molecular flexibility index (Phi) is 5.05. The molecule has 0 saturated carbocycles. The van der Waals surface area contributed by atoms with Gasteiger partial charge in [-0.05, 0) is 12.8 Å². The Hall–Kier alpha value is -1.89. The van der Waals surface area contributed by atoms with Crippen molar-refractivity contribution in [2.45, 2.75) is 26.7 Å². The third kappa shape index (κ3) is 3.54. The van der Waals surface area contributed by atoms with Gasteiger partial charge < -0.3 is 15.4 Å². The van der Waals surface area contributed by atoms with Gasteiger partial charge in [0.25, 0.3) is 11.6 Å². The molecule has 106 valence electrons. The number of carbonyl (C=O) groups is 1. The SMILES string of the molecule is CCC(CC)(CO)CNC(=O)c1cc([N+](=O)[O-])c[nH]1. The van der Waals surface area contributed by atoms with E-state index in [9.17, 15) is 20.0 Å². The van der Waals surface area contributed by atoms with Gasteiger partial charge in [0.05, 0.1) is 17.7 Å². The molecule has 1 amide bonds. The second kappa shape index (κ2) is 6.33. The van der Waals surface area contributed by atoms with Crippen molar-refractivity contribution in [3.8, 4) is 0 Å². The van der Waals surface area contributed by atoms with E-state index in [0.717, 1.165) is 12.8 Å². The molecule has 0 radical (unpaired) electrons. The minimum Gasteiger partial charge on any atom is -0.396 e. The highest BCUT2D eigenvalue weighted by atomic mass is 16.6. The average Bonchev–Trinajstić information content (AvgIpc) is 2.90. The van der Waals surface area contributed by atoms with Crippen molar-refractivity contribution in [3.05, 3.63) is 28.1 Å². The lowest BCUT2D eigenvalue weighted by molar-refractivity contribution is -0.384. The highest BCUT2D eigenvalue weighted by molar-refractivity contribution is 5.93. The van der Waals surface area contributed by atoms with Gasteiger partial charge >= 0.3 is 0 Å². The topological polar surface area (TPSA) is 108 Å². The summed E-state index contributed by atoms with van der Waals surface area (Å²) in [6.07, 6.45) is 2.66. The Morgan fingerprint density at radius 2 is 2.16 bits per heavy atom. The minimum absolute atomic E-state index is 0.00878. The van der Waals surface area contributed by atoms with Gasteiger partial charge in [0.2, 0.25) is 0 Å². The molecule has 0 bridgehead atoms. The summed E-state index contributed by atoms with van der Waals surface area (Å²) < 4.78 is 0. The third-order valence-corrected chi connectivity index (χ3v) is 3.58. The lowest BCUT2D eigenvalue weighted by Crippen LogP contribution is -2.39. The van der Waals surface area contributed by atoms with Gasteiger partial charge in [0.15, 0.2) is 0 Å². The quantitative estimate of drug-likeness (QED) is 0.514. The van der Waals surface area contributed by atoms with Crippen LogP contribution in [0.4, 0.5) is 5.69 Å². The molecule has 1 aromatic rings. The Morgan fingerprint density at radius 3 is 2.58 bits per heavy atom. The van der Waals surface area contributed by atoms with Gasteiger partial charge in [0.1, 0.15) is 5.69 Å². The standard InChI is InChI=1S/C12H19N3O4/c1-3-12(4-2,8-16)7-14-11(17)10-5-9(6-13-10)15(18)19/h5-6,13,16H,3-4,7-8H2,1-2H3,(H,14,17). The molecule has 3 N–H and O–H groups in total. The number of amides is 1. The normalized spacial score (nSPS) is 11.3. The summed E-state index contributed by atoms with van der Waals surface area (Å²) in [6.45, 7) is 4.23. The molecule has 0 saturated heterocycles. The summed E-state index contributed by atoms with van der Waals surface area (Å²) in [4.78, 5) is 24.3. The molecule has 0 aliphatic carbocycles. The van der Waals surface area contributed by atoms with Gasteiger partial charge in [-0.1, -0.05) is 13.8 Å². The van der Waals surface area contributed by atoms with E-state index in [0.29, 0.717) is 6.54 Å². The first-order chi connectivity index (χ1) is 8.98. The zero-order chi connectivity index (χ0) is 14.5. The Balaban J connectivity index is 2.66. The third-order valence-electron chi connectivity index (χ3n) is 3.58. The van der Waals surface area contributed by atoms with E-state index in [-0.39, 0.29) is 23.4 Å². The molecule has 0 fully saturated rings. The molecule has 19 heavy (non-hydrogen) atoms.